The summed E-state index contributed by atoms with van der Waals surface area (Å²) in [5.74, 6) is -0.281. The van der Waals surface area contributed by atoms with Gasteiger partial charge in [-0.05, 0) is 40.9 Å². The molecule has 1 saturated carbocycles. The predicted molar refractivity (Wildman–Crippen MR) is 93.3 cm³/mol. The van der Waals surface area contributed by atoms with Gasteiger partial charge in [0.15, 0.2) is 0 Å². The minimum atomic E-state index is -0.274. The first-order valence-corrected chi connectivity index (χ1v) is 9.05. The van der Waals surface area contributed by atoms with Crippen LogP contribution in [-0.4, -0.2) is 36.5 Å². The molecule has 5 heteroatoms. The largest absolute Gasteiger partial charge is 0.469 e. The zero-order valence-electron chi connectivity index (χ0n) is 13.6. The molecule has 0 aromatic heterocycles. The summed E-state index contributed by atoms with van der Waals surface area (Å²) in [6, 6.07) is 7.67. The first-order valence-electron chi connectivity index (χ1n) is 8.26. The first-order chi connectivity index (χ1) is 11.1. The molecule has 0 heterocycles. The molecule has 1 fully saturated rings. The highest BCUT2D eigenvalue weighted by Crippen LogP contribution is 2.26. The number of amides is 1. The van der Waals surface area contributed by atoms with E-state index in [1.165, 1.54) is 20.0 Å². The van der Waals surface area contributed by atoms with Gasteiger partial charge in [-0.3, -0.25) is 9.59 Å². The Balaban J connectivity index is 2.19. The lowest BCUT2D eigenvalue weighted by Gasteiger charge is -2.31. The minimum Gasteiger partial charge on any atom is -0.469 e. The Labute approximate surface area is 146 Å². The Bertz CT molecular complexity index is 539. The molecule has 23 heavy (non-hydrogen) atoms. The van der Waals surface area contributed by atoms with E-state index >= 15 is 0 Å². The van der Waals surface area contributed by atoms with Crippen molar-refractivity contribution in [2.24, 2.45) is 0 Å². The Morgan fingerprint density at radius 2 is 1.83 bits per heavy atom. The number of ether oxygens (including phenoxy) is 1. The average Bonchev–Trinajstić information content (AvgIpc) is 2.84. The van der Waals surface area contributed by atoms with E-state index in [9.17, 15) is 9.59 Å². The number of hydrogen-bond acceptors (Lipinski definition) is 3. The Kier molecular flexibility index (Phi) is 7.09. The SMILES string of the molecule is COC(=O)CCN(C(=O)c1ccccc1Br)C1CCCCCC1. The maximum Gasteiger partial charge on any atom is 0.307 e. The van der Waals surface area contributed by atoms with Gasteiger partial charge in [-0.15, -0.1) is 0 Å². The summed E-state index contributed by atoms with van der Waals surface area (Å²) in [6.45, 7) is 0.414. The number of benzene rings is 1. The fourth-order valence-electron chi connectivity index (χ4n) is 3.12. The van der Waals surface area contributed by atoms with Gasteiger partial charge in [0, 0.05) is 17.1 Å². The molecular formula is C18H24BrNO3. The minimum absolute atomic E-state index is 0.00622. The fourth-order valence-corrected chi connectivity index (χ4v) is 3.58. The fraction of sp³-hybridized carbons (Fsp3) is 0.556. The molecule has 1 aliphatic carbocycles. The van der Waals surface area contributed by atoms with Crippen LogP contribution in [0.3, 0.4) is 0 Å². The van der Waals surface area contributed by atoms with Gasteiger partial charge in [-0.1, -0.05) is 37.8 Å². The van der Waals surface area contributed by atoms with Gasteiger partial charge in [0.1, 0.15) is 0 Å². The van der Waals surface area contributed by atoms with E-state index in [2.05, 4.69) is 15.9 Å². The number of carbonyl (C=O) groups excluding carboxylic acids is 2. The Morgan fingerprint density at radius 3 is 2.43 bits per heavy atom. The van der Waals surface area contributed by atoms with Crippen LogP contribution in [0.5, 0.6) is 0 Å². The van der Waals surface area contributed by atoms with Crippen molar-refractivity contribution >= 4 is 27.8 Å². The van der Waals surface area contributed by atoms with Crippen LogP contribution in [-0.2, 0) is 9.53 Å². The first kappa shape index (κ1) is 18.0. The van der Waals surface area contributed by atoms with E-state index in [0.29, 0.717) is 12.1 Å². The molecular weight excluding hydrogens is 358 g/mol. The number of rotatable bonds is 5. The van der Waals surface area contributed by atoms with Crippen LogP contribution >= 0.6 is 15.9 Å². The van der Waals surface area contributed by atoms with Crippen molar-refractivity contribution in [3.05, 3.63) is 34.3 Å². The quantitative estimate of drug-likeness (QED) is 0.567. The molecule has 1 aliphatic rings. The summed E-state index contributed by atoms with van der Waals surface area (Å²) in [5.41, 5.74) is 0.654. The number of nitrogens with zero attached hydrogens (tertiary/aromatic N) is 1. The predicted octanol–water partition coefficient (Wildman–Crippen LogP) is 4.18. The van der Waals surface area contributed by atoms with Gasteiger partial charge in [0.2, 0.25) is 0 Å². The summed E-state index contributed by atoms with van der Waals surface area (Å²) in [7, 11) is 1.38. The van der Waals surface area contributed by atoms with Gasteiger partial charge >= 0.3 is 5.97 Å². The third-order valence-corrected chi connectivity index (χ3v) is 5.11. The molecule has 1 amide bonds. The summed E-state index contributed by atoms with van der Waals surface area (Å²) in [4.78, 5) is 26.4. The molecule has 0 saturated heterocycles. The van der Waals surface area contributed by atoms with Crippen LogP contribution in [0.4, 0.5) is 0 Å². The molecule has 0 unspecified atom stereocenters. The molecule has 2 rings (SSSR count). The monoisotopic (exact) mass is 381 g/mol. The second kappa shape index (κ2) is 9.06. The highest BCUT2D eigenvalue weighted by atomic mass is 79.9. The lowest BCUT2D eigenvalue weighted by Crippen LogP contribution is -2.41. The molecule has 0 N–H and O–H groups in total. The van der Waals surface area contributed by atoms with Crippen molar-refractivity contribution in [2.75, 3.05) is 13.7 Å². The van der Waals surface area contributed by atoms with E-state index < -0.39 is 0 Å². The van der Waals surface area contributed by atoms with E-state index in [1.807, 2.05) is 29.2 Å². The van der Waals surface area contributed by atoms with Crippen molar-refractivity contribution in [1.82, 2.24) is 4.90 Å². The number of halogens is 1. The Hall–Kier alpha value is -1.36. The van der Waals surface area contributed by atoms with Gasteiger partial charge in [-0.2, -0.15) is 0 Å². The molecule has 1 aromatic rings. The van der Waals surface area contributed by atoms with Gasteiger partial charge in [0.05, 0.1) is 19.1 Å². The van der Waals surface area contributed by atoms with E-state index in [4.69, 9.17) is 4.74 Å². The van der Waals surface area contributed by atoms with Crippen molar-refractivity contribution in [3.8, 4) is 0 Å². The van der Waals surface area contributed by atoms with Gasteiger partial charge in [0.25, 0.3) is 5.91 Å². The summed E-state index contributed by atoms with van der Waals surface area (Å²) in [6.07, 6.45) is 7.00. The second-order valence-corrected chi connectivity index (χ2v) is 6.80. The molecule has 0 bridgehead atoms. The summed E-state index contributed by atoms with van der Waals surface area (Å²) < 4.78 is 5.53. The second-order valence-electron chi connectivity index (χ2n) is 5.95. The number of carbonyl (C=O) groups is 2. The van der Waals surface area contributed by atoms with Crippen molar-refractivity contribution in [1.29, 1.82) is 0 Å². The summed E-state index contributed by atoms with van der Waals surface area (Å²) >= 11 is 3.46. The average molecular weight is 382 g/mol. The van der Waals surface area contributed by atoms with E-state index in [-0.39, 0.29) is 24.3 Å². The van der Waals surface area contributed by atoms with Crippen LogP contribution in [0.2, 0.25) is 0 Å². The molecule has 0 aliphatic heterocycles. The standard InChI is InChI=1S/C18H24BrNO3/c1-23-17(21)12-13-20(14-8-4-2-3-5-9-14)18(22)15-10-6-7-11-16(15)19/h6-7,10-11,14H,2-5,8-9,12-13H2,1H3. The zero-order chi connectivity index (χ0) is 16.7. The number of hydrogen-bond donors (Lipinski definition) is 0. The number of methoxy groups -OCH3 is 1. The van der Waals surface area contributed by atoms with E-state index in [0.717, 1.165) is 30.2 Å². The third-order valence-electron chi connectivity index (χ3n) is 4.42. The lowest BCUT2D eigenvalue weighted by atomic mass is 10.0. The lowest BCUT2D eigenvalue weighted by molar-refractivity contribution is -0.140. The maximum atomic E-state index is 13.0. The molecule has 126 valence electrons. The van der Waals surface area contributed by atoms with E-state index in [1.54, 1.807) is 0 Å². The zero-order valence-corrected chi connectivity index (χ0v) is 15.2. The number of esters is 1. The molecule has 0 radical (unpaired) electrons. The molecule has 4 nitrogen and oxygen atoms in total. The summed E-state index contributed by atoms with van der Waals surface area (Å²) in [5, 5.41) is 0. The highest BCUT2D eigenvalue weighted by molar-refractivity contribution is 9.10. The van der Waals surface area contributed by atoms with Crippen molar-refractivity contribution in [2.45, 2.75) is 51.0 Å². The van der Waals surface area contributed by atoms with Crippen LogP contribution in [0.15, 0.2) is 28.7 Å². The normalized spacial score (nSPS) is 15.7. The van der Waals surface area contributed by atoms with Crippen LogP contribution in [0, 0.1) is 0 Å². The van der Waals surface area contributed by atoms with Crippen molar-refractivity contribution < 1.29 is 14.3 Å². The molecule has 0 spiro atoms. The topological polar surface area (TPSA) is 46.6 Å². The van der Waals surface area contributed by atoms with Gasteiger partial charge < -0.3 is 9.64 Å². The van der Waals surface area contributed by atoms with Crippen LogP contribution in [0.25, 0.3) is 0 Å². The maximum absolute atomic E-state index is 13.0. The van der Waals surface area contributed by atoms with Crippen LogP contribution in [0.1, 0.15) is 55.3 Å². The third kappa shape index (κ3) is 5.06. The van der Waals surface area contributed by atoms with Gasteiger partial charge in [-0.25, -0.2) is 0 Å². The van der Waals surface area contributed by atoms with Crippen LogP contribution < -0.4 is 0 Å². The Morgan fingerprint density at radius 1 is 1.17 bits per heavy atom. The van der Waals surface area contributed by atoms with Crippen molar-refractivity contribution in [3.63, 3.8) is 0 Å². The molecule has 0 atom stereocenters. The smallest absolute Gasteiger partial charge is 0.307 e. The molecule has 1 aromatic carbocycles. The highest BCUT2D eigenvalue weighted by Gasteiger charge is 2.27.